The van der Waals surface area contributed by atoms with Gasteiger partial charge in [-0.3, -0.25) is 4.79 Å². The van der Waals surface area contributed by atoms with Crippen LogP contribution in [0.1, 0.15) is 12.5 Å². The highest BCUT2D eigenvalue weighted by Gasteiger charge is 2.28. The Morgan fingerprint density at radius 3 is 3.00 bits per heavy atom. The third kappa shape index (κ3) is 1.61. The summed E-state index contributed by atoms with van der Waals surface area (Å²) in [7, 11) is 1.72. The van der Waals surface area contributed by atoms with Gasteiger partial charge in [0, 0.05) is 7.05 Å². The van der Waals surface area contributed by atoms with Crippen molar-refractivity contribution in [1.29, 1.82) is 5.26 Å². The summed E-state index contributed by atoms with van der Waals surface area (Å²) < 4.78 is 5.47. The summed E-state index contributed by atoms with van der Waals surface area (Å²) in [6, 6.07) is 7.56. The standard InChI is InChI=1S/C12H12N2O2/c1-8-12(15)14(2)10-7-9(5-6-13)3-4-11(10)16-8/h3-4,7-8H,5H2,1-2H3. The van der Waals surface area contributed by atoms with Gasteiger partial charge in [0.05, 0.1) is 18.2 Å². The van der Waals surface area contributed by atoms with Gasteiger partial charge in [0.25, 0.3) is 5.91 Å². The lowest BCUT2D eigenvalue weighted by Crippen LogP contribution is -2.41. The van der Waals surface area contributed by atoms with Gasteiger partial charge in [-0.15, -0.1) is 0 Å². The van der Waals surface area contributed by atoms with Crippen LogP contribution in [0.25, 0.3) is 0 Å². The smallest absolute Gasteiger partial charge is 0.267 e. The van der Waals surface area contributed by atoms with E-state index in [4.69, 9.17) is 10.00 Å². The van der Waals surface area contributed by atoms with E-state index >= 15 is 0 Å². The zero-order valence-corrected chi connectivity index (χ0v) is 9.23. The van der Waals surface area contributed by atoms with Gasteiger partial charge in [-0.25, -0.2) is 0 Å². The van der Waals surface area contributed by atoms with E-state index in [-0.39, 0.29) is 5.91 Å². The molecule has 4 nitrogen and oxygen atoms in total. The largest absolute Gasteiger partial charge is 0.479 e. The van der Waals surface area contributed by atoms with Crippen molar-refractivity contribution in [2.45, 2.75) is 19.4 Å². The molecule has 1 aliphatic heterocycles. The molecule has 1 aromatic carbocycles. The molecule has 0 radical (unpaired) electrons. The van der Waals surface area contributed by atoms with Crippen molar-refractivity contribution in [2.75, 3.05) is 11.9 Å². The van der Waals surface area contributed by atoms with E-state index in [1.54, 1.807) is 24.9 Å². The lowest BCUT2D eigenvalue weighted by atomic mass is 10.1. The first-order chi connectivity index (χ1) is 7.63. The average molecular weight is 216 g/mol. The lowest BCUT2D eigenvalue weighted by Gasteiger charge is -2.30. The number of benzene rings is 1. The zero-order valence-electron chi connectivity index (χ0n) is 9.23. The molecule has 1 atom stereocenters. The van der Waals surface area contributed by atoms with Gasteiger partial charge in [-0.2, -0.15) is 5.26 Å². The summed E-state index contributed by atoms with van der Waals surface area (Å²) in [6.45, 7) is 1.73. The summed E-state index contributed by atoms with van der Waals surface area (Å²) in [5.74, 6) is 0.623. The molecular formula is C12H12N2O2. The second-order valence-electron chi connectivity index (χ2n) is 3.79. The van der Waals surface area contributed by atoms with Crippen molar-refractivity contribution in [3.63, 3.8) is 0 Å². The molecule has 0 aromatic heterocycles. The lowest BCUT2D eigenvalue weighted by molar-refractivity contribution is -0.125. The van der Waals surface area contributed by atoms with Crippen LogP contribution in [0.3, 0.4) is 0 Å². The molecule has 1 aliphatic rings. The summed E-state index contributed by atoms with van der Waals surface area (Å²) >= 11 is 0. The fourth-order valence-corrected chi connectivity index (χ4v) is 1.76. The maximum absolute atomic E-state index is 11.7. The van der Waals surface area contributed by atoms with Crippen molar-refractivity contribution < 1.29 is 9.53 Å². The molecule has 0 saturated carbocycles. The molecule has 0 saturated heterocycles. The number of amides is 1. The number of hydrogen-bond donors (Lipinski definition) is 0. The van der Waals surface area contributed by atoms with E-state index in [9.17, 15) is 4.79 Å². The van der Waals surface area contributed by atoms with Crippen LogP contribution in [-0.2, 0) is 11.2 Å². The van der Waals surface area contributed by atoms with Crippen LogP contribution in [0.4, 0.5) is 5.69 Å². The molecule has 1 unspecified atom stereocenters. The van der Waals surface area contributed by atoms with Crippen molar-refractivity contribution in [2.24, 2.45) is 0 Å². The summed E-state index contributed by atoms with van der Waals surface area (Å²) in [6.07, 6.45) is -0.107. The molecule has 16 heavy (non-hydrogen) atoms. The minimum Gasteiger partial charge on any atom is -0.479 e. The number of nitriles is 1. The summed E-state index contributed by atoms with van der Waals surface area (Å²) in [4.78, 5) is 13.3. The minimum absolute atomic E-state index is 0.0680. The number of fused-ring (bicyclic) bond motifs is 1. The number of likely N-dealkylation sites (N-methyl/N-ethyl adjacent to an activating group) is 1. The molecular weight excluding hydrogens is 204 g/mol. The Kier molecular flexibility index (Phi) is 2.53. The van der Waals surface area contributed by atoms with Crippen molar-refractivity contribution in [1.82, 2.24) is 0 Å². The summed E-state index contributed by atoms with van der Waals surface area (Å²) in [5.41, 5.74) is 1.62. The number of ether oxygens (including phenoxy) is 1. The quantitative estimate of drug-likeness (QED) is 0.714. The predicted molar refractivity (Wildman–Crippen MR) is 59.3 cm³/mol. The Morgan fingerprint density at radius 2 is 2.31 bits per heavy atom. The molecule has 82 valence electrons. The third-order valence-corrected chi connectivity index (χ3v) is 2.65. The zero-order chi connectivity index (χ0) is 11.7. The van der Waals surface area contributed by atoms with Crippen molar-refractivity contribution in [3.8, 4) is 11.8 Å². The van der Waals surface area contributed by atoms with E-state index in [2.05, 4.69) is 6.07 Å². The molecule has 0 spiro atoms. The van der Waals surface area contributed by atoms with Crippen LogP contribution < -0.4 is 9.64 Å². The Hall–Kier alpha value is -2.02. The van der Waals surface area contributed by atoms with Crippen LogP contribution in [0.5, 0.6) is 5.75 Å². The van der Waals surface area contributed by atoms with Gasteiger partial charge in [-0.1, -0.05) is 6.07 Å². The summed E-state index contributed by atoms with van der Waals surface area (Å²) in [5, 5.41) is 8.62. The van der Waals surface area contributed by atoms with Gasteiger partial charge < -0.3 is 9.64 Å². The van der Waals surface area contributed by atoms with Gasteiger partial charge in [0.1, 0.15) is 5.75 Å². The molecule has 4 heteroatoms. The fourth-order valence-electron chi connectivity index (χ4n) is 1.76. The average Bonchev–Trinajstić information content (AvgIpc) is 2.28. The van der Waals surface area contributed by atoms with Crippen molar-refractivity contribution >= 4 is 11.6 Å². The molecule has 0 N–H and O–H groups in total. The Morgan fingerprint density at radius 1 is 1.56 bits per heavy atom. The van der Waals surface area contributed by atoms with E-state index in [0.29, 0.717) is 12.2 Å². The van der Waals surface area contributed by atoms with E-state index in [1.807, 2.05) is 12.1 Å². The first-order valence-electron chi connectivity index (χ1n) is 5.07. The van der Waals surface area contributed by atoms with E-state index in [1.165, 1.54) is 0 Å². The number of anilines is 1. The second-order valence-corrected chi connectivity index (χ2v) is 3.79. The topological polar surface area (TPSA) is 53.3 Å². The van der Waals surface area contributed by atoms with Gasteiger partial charge >= 0.3 is 0 Å². The third-order valence-electron chi connectivity index (χ3n) is 2.65. The minimum atomic E-state index is -0.445. The maximum Gasteiger partial charge on any atom is 0.267 e. The Balaban J connectivity index is 2.43. The SMILES string of the molecule is CC1Oc2ccc(CC#N)cc2N(C)C1=O. The fraction of sp³-hybridized carbons (Fsp3) is 0.333. The predicted octanol–water partition coefficient (Wildman–Crippen LogP) is 1.50. The van der Waals surface area contributed by atoms with Crippen LogP contribution in [0.2, 0.25) is 0 Å². The van der Waals surface area contributed by atoms with Crippen LogP contribution in [0.15, 0.2) is 18.2 Å². The van der Waals surface area contributed by atoms with E-state index in [0.717, 1.165) is 11.3 Å². The molecule has 1 amide bonds. The molecule has 0 aliphatic carbocycles. The van der Waals surface area contributed by atoms with Crippen LogP contribution in [0, 0.1) is 11.3 Å². The van der Waals surface area contributed by atoms with Gasteiger partial charge in [0.2, 0.25) is 0 Å². The van der Waals surface area contributed by atoms with E-state index < -0.39 is 6.10 Å². The van der Waals surface area contributed by atoms with Gasteiger partial charge in [0.15, 0.2) is 6.10 Å². The Labute approximate surface area is 94.0 Å². The molecule has 2 rings (SSSR count). The van der Waals surface area contributed by atoms with Crippen LogP contribution in [-0.4, -0.2) is 19.1 Å². The monoisotopic (exact) mass is 216 g/mol. The van der Waals surface area contributed by atoms with Crippen LogP contribution >= 0.6 is 0 Å². The molecule has 0 fully saturated rings. The first-order valence-corrected chi connectivity index (χ1v) is 5.07. The van der Waals surface area contributed by atoms with Gasteiger partial charge in [-0.05, 0) is 24.6 Å². The number of carbonyl (C=O) groups excluding carboxylic acids is 1. The highest BCUT2D eigenvalue weighted by molar-refractivity contribution is 5.99. The number of nitrogens with zero attached hydrogens (tertiary/aromatic N) is 2. The number of hydrogen-bond acceptors (Lipinski definition) is 3. The molecule has 1 aromatic rings. The number of carbonyl (C=O) groups is 1. The maximum atomic E-state index is 11.7. The second kappa shape index (κ2) is 3.86. The van der Waals surface area contributed by atoms with Crippen molar-refractivity contribution in [3.05, 3.63) is 23.8 Å². The number of rotatable bonds is 1. The molecule has 0 bridgehead atoms. The first kappa shape index (κ1) is 10.5. The normalized spacial score (nSPS) is 18.7. The Bertz CT molecular complexity index is 476. The highest BCUT2D eigenvalue weighted by Crippen LogP contribution is 2.33. The molecule has 1 heterocycles. The highest BCUT2D eigenvalue weighted by atomic mass is 16.5.